The van der Waals surface area contributed by atoms with E-state index >= 15 is 0 Å². The molecule has 0 radical (unpaired) electrons. The molecule has 0 fully saturated rings. The van der Waals surface area contributed by atoms with Gasteiger partial charge in [-0.3, -0.25) is 4.48 Å². The number of amides is 1. The van der Waals surface area contributed by atoms with Gasteiger partial charge >= 0.3 is 5.91 Å². The highest BCUT2D eigenvalue weighted by atomic mass is 16.2. The van der Waals surface area contributed by atoms with Gasteiger partial charge in [-0.25, -0.2) is 4.79 Å². The summed E-state index contributed by atoms with van der Waals surface area (Å²) in [5.41, 5.74) is 0. The number of unbranched alkanes of at least 4 members (excludes halogenated alkanes) is 2. The van der Waals surface area contributed by atoms with Gasteiger partial charge in [0.2, 0.25) is 0 Å². The van der Waals surface area contributed by atoms with Crippen LogP contribution in [0.4, 0.5) is 0 Å². The Bertz CT molecular complexity index is 257. The predicted octanol–water partition coefficient (Wildman–Crippen LogP) is 5.41. The molecule has 2 nitrogen and oxygen atoms in total. The summed E-state index contributed by atoms with van der Waals surface area (Å²) >= 11 is 0. The fourth-order valence-corrected chi connectivity index (χ4v) is 3.31. The van der Waals surface area contributed by atoms with Crippen LogP contribution in [-0.4, -0.2) is 30.5 Å². The quantitative estimate of drug-likeness (QED) is 0.440. The van der Waals surface area contributed by atoms with Crippen LogP contribution in [0.3, 0.4) is 0 Å². The maximum atomic E-state index is 12.3. The molecule has 0 N–H and O–H groups in total. The molecule has 21 heavy (non-hydrogen) atoms. The molecule has 0 heterocycles. The van der Waals surface area contributed by atoms with Crippen molar-refractivity contribution in [1.82, 2.24) is 0 Å². The fraction of sp³-hybridized carbons (Fsp3) is 0.947. The Balaban J connectivity index is 4.75. The Morgan fingerprint density at radius 2 is 1.24 bits per heavy atom. The number of hydrogen-bond donors (Lipinski definition) is 0. The van der Waals surface area contributed by atoms with Crippen LogP contribution in [0.5, 0.6) is 0 Å². The number of hydrogen-bond acceptors (Lipinski definition) is 1. The fourth-order valence-electron chi connectivity index (χ4n) is 3.31. The van der Waals surface area contributed by atoms with Crippen LogP contribution in [0, 0.1) is 11.8 Å². The normalized spacial score (nSPS) is 17.2. The number of carbonyl (C=O) groups is 1. The molecule has 0 bridgehead atoms. The number of nitrogens with zero attached hydrogens (tertiary/aromatic N) is 1. The Morgan fingerprint density at radius 3 is 1.48 bits per heavy atom. The third-order valence-corrected chi connectivity index (χ3v) is 5.17. The van der Waals surface area contributed by atoms with Crippen molar-refractivity contribution in [1.29, 1.82) is 0 Å². The van der Waals surface area contributed by atoms with Crippen LogP contribution in [0.25, 0.3) is 0 Å². The molecule has 0 saturated carbocycles. The largest absolute Gasteiger partial charge is 0.310 e. The van der Waals surface area contributed by atoms with Crippen LogP contribution >= 0.6 is 0 Å². The molecule has 0 spiro atoms. The summed E-state index contributed by atoms with van der Waals surface area (Å²) in [5, 5.41) is 0. The minimum Gasteiger partial charge on any atom is -0.263 e. The van der Waals surface area contributed by atoms with Gasteiger partial charge in [-0.1, -0.05) is 53.4 Å². The topological polar surface area (TPSA) is 17.1 Å². The lowest BCUT2D eigenvalue weighted by Crippen LogP contribution is -2.53. The van der Waals surface area contributed by atoms with Crippen molar-refractivity contribution >= 4 is 5.91 Å². The standard InChI is InChI=1S/C19H40NO/c1-7-11-13-18(9-3)15-20(6,17(5)21)16-19(10-4)14-12-8-2/h18-19H,7-16H2,1-6H3/q+1. The van der Waals surface area contributed by atoms with E-state index in [2.05, 4.69) is 34.7 Å². The van der Waals surface area contributed by atoms with Crippen molar-refractivity contribution in [2.24, 2.45) is 11.8 Å². The van der Waals surface area contributed by atoms with Crippen LogP contribution in [0.1, 0.15) is 86.0 Å². The molecule has 126 valence electrons. The second-order valence-electron chi connectivity index (χ2n) is 7.11. The van der Waals surface area contributed by atoms with Crippen molar-refractivity contribution in [3.05, 3.63) is 0 Å². The average molecular weight is 299 g/mol. The van der Waals surface area contributed by atoms with Crippen molar-refractivity contribution < 1.29 is 9.28 Å². The van der Waals surface area contributed by atoms with Gasteiger partial charge in [0.15, 0.2) is 0 Å². The van der Waals surface area contributed by atoms with E-state index in [1.54, 1.807) is 6.92 Å². The highest BCUT2D eigenvalue weighted by molar-refractivity contribution is 5.65. The summed E-state index contributed by atoms with van der Waals surface area (Å²) in [4.78, 5) is 12.3. The number of quaternary nitrogens is 1. The first-order valence-electron chi connectivity index (χ1n) is 9.29. The van der Waals surface area contributed by atoms with E-state index in [1.165, 1.54) is 51.4 Å². The highest BCUT2D eigenvalue weighted by Crippen LogP contribution is 2.23. The van der Waals surface area contributed by atoms with Crippen molar-refractivity contribution in [2.45, 2.75) is 86.0 Å². The smallest absolute Gasteiger partial charge is 0.263 e. The third kappa shape index (κ3) is 7.99. The Morgan fingerprint density at radius 1 is 0.857 bits per heavy atom. The summed E-state index contributed by atoms with van der Waals surface area (Å²) in [6.45, 7) is 12.9. The molecule has 0 aromatic carbocycles. The third-order valence-electron chi connectivity index (χ3n) is 5.17. The molecule has 0 aromatic heterocycles. The molecule has 0 rings (SSSR count). The maximum absolute atomic E-state index is 12.3. The van der Waals surface area contributed by atoms with E-state index < -0.39 is 0 Å². The van der Waals surface area contributed by atoms with Gasteiger partial charge in [-0.05, 0) is 25.7 Å². The van der Waals surface area contributed by atoms with Crippen molar-refractivity contribution in [3.8, 4) is 0 Å². The SMILES string of the molecule is CCCCC(CC)C[N+](C)(CC(CC)CCCC)C(C)=O. The van der Waals surface area contributed by atoms with Gasteiger partial charge < -0.3 is 0 Å². The summed E-state index contributed by atoms with van der Waals surface area (Å²) < 4.78 is 0.643. The molecule has 2 unspecified atom stereocenters. The number of carbonyl (C=O) groups excluding carboxylic acids is 1. The van der Waals surface area contributed by atoms with E-state index in [0.29, 0.717) is 22.2 Å². The Kier molecular flexibility index (Phi) is 11.0. The van der Waals surface area contributed by atoms with Gasteiger partial charge in [0, 0.05) is 11.8 Å². The second kappa shape index (κ2) is 11.2. The molecule has 2 atom stereocenters. The van der Waals surface area contributed by atoms with Gasteiger partial charge in [0.25, 0.3) is 0 Å². The molecule has 0 aliphatic carbocycles. The molecule has 1 amide bonds. The molecule has 0 aliphatic rings. The zero-order valence-corrected chi connectivity index (χ0v) is 15.6. The van der Waals surface area contributed by atoms with Crippen molar-refractivity contribution in [2.75, 3.05) is 20.1 Å². The molecular weight excluding hydrogens is 258 g/mol. The lowest BCUT2D eigenvalue weighted by atomic mass is 9.94. The Hall–Kier alpha value is -0.370. The second-order valence-corrected chi connectivity index (χ2v) is 7.11. The minimum atomic E-state index is 0.347. The molecular formula is C19H40NO+. The first-order valence-corrected chi connectivity index (χ1v) is 9.29. The maximum Gasteiger partial charge on any atom is 0.310 e. The number of rotatable bonds is 12. The molecule has 0 aliphatic heterocycles. The monoisotopic (exact) mass is 298 g/mol. The van der Waals surface area contributed by atoms with Crippen LogP contribution < -0.4 is 0 Å². The van der Waals surface area contributed by atoms with Gasteiger partial charge in [-0.15, -0.1) is 0 Å². The first-order chi connectivity index (χ1) is 9.93. The summed E-state index contributed by atoms with van der Waals surface area (Å²) in [7, 11) is 2.17. The highest BCUT2D eigenvalue weighted by Gasteiger charge is 2.33. The lowest BCUT2D eigenvalue weighted by Gasteiger charge is -2.36. The minimum absolute atomic E-state index is 0.347. The van der Waals surface area contributed by atoms with Gasteiger partial charge in [-0.2, -0.15) is 0 Å². The first kappa shape index (κ1) is 20.6. The van der Waals surface area contributed by atoms with Crippen LogP contribution in [-0.2, 0) is 4.79 Å². The van der Waals surface area contributed by atoms with Gasteiger partial charge in [0.1, 0.15) is 0 Å². The van der Waals surface area contributed by atoms with Gasteiger partial charge in [0.05, 0.1) is 27.1 Å². The molecule has 2 heteroatoms. The predicted molar refractivity (Wildman–Crippen MR) is 93.2 cm³/mol. The van der Waals surface area contributed by atoms with E-state index in [-0.39, 0.29) is 0 Å². The van der Waals surface area contributed by atoms with E-state index in [1.807, 2.05) is 0 Å². The van der Waals surface area contributed by atoms with Crippen LogP contribution in [0.15, 0.2) is 0 Å². The van der Waals surface area contributed by atoms with E-state index in [4.69, 9.17) is 0 Å². The van der Waals surface area contributed by atoms with E-state index in [9.17, 15) is 4.79 Å². The summed E-state index contributed by atoms with van der Waals surface area (Å²) in [6, 6.07) is 0. The molecule has 0 saturated heterocycles. The average Bonchev–Trinajstić information content (AvgIpc) is 2.47. The lowest BCUT2D eigenvalue weighted by molar-refractivity contribution is -0.841. The zero-order chi connectivity index (χ0) is 16.3. The van der Waals surface area contributed by atoms with E-state index in [0.717, 1.165) is 13.1 Å². The Labute approximate surface area is 133 Å². The van der Waals surface area contributed by atoms with Crippen LogP contribution in [0.2, 0.25) is 0 Å². The summed E-state index contributed by atoms with van der Waals surface area (Å²) in [6.07, 6.45) is 10.1. The zero-order valence-electron chi connectivity index (χ0n) is 15.6. The summed E-state index contributed by atoms with van der Waals surface area (Å²) in [5.74, 6) is 1.74. The molecule has 0 aromatic rings. The van der Waals surface area contributed by atoms with Crippen molar-refractivity contribution in [3.63, 3.8) is 0 Å².